The third kappa shape index (κ3) is 5.46. The summed E-state index contributed by atoms with van der Waals surface area (Å²) in [5.74, 6) is 1.25. The van der Waals surface area contributed by atoms with Crippen LogP contribution in [0.25, 0.3) is 0 Å². The second-order valence-corrected chi connectivity index (χ2v) is 6.13. The van der Waals surface area contributed by atoms with E-state index in [0.29, 0.717) is 18.2 Å². The lowest BCUT2D eigenvalue weighted by Crippen LogP contribution is -2.45. The first kappa shape index (κ1) is 17.6. The van der Waals surface area contributed by atoms with E-state index in [-0.39, 0.29) is 30.7 Å². The number of nitrogens with zero attached hydrogens (tertiary/aromatic N) is 2. The summed E-state index contributed by atoms with van der Waals surface area (Å²) in [7, 11) is 0. The highest BCUT2D eigenvalue weighted by atomic mass is 16.4. The van der Waals surface area contributed by atoms with Gasteiger partial charge in [-0.3, -0.25) is 4.79 Å². The maximum absolute atomic E-state index is 11.8. The molecule has 0 saturated carbocycles. The van der Waals surface area contributed by atoms with E-state index in [1.165, 1.54) is 0 Å². The molecule has 1 aromatic rings. The van der Waals surface area contributed by atoms with Crippen molar-refractivity contribution < 1.29 is 14.3 Å². The van der Waals surface area contributed by atoms with Crippen LogP contribution in [-0.2, 0) is 11.2 Å². The lowest BCUT2D eigenvalue weighted by molar-refractivity contribution is -0.122. The average Bonchev–Trinajstić information content (AvgIpc) is 2.91. The molecule has 21 heavy (non-hydrogen) atoms. The third-order valence-corrected chi connectivity index (χ3v) is 3.86. The number of carbonyl (C=O) groups excluding carboxylic acids is 1. The SMILES string of the molecule is CCC(C)C(C)(O)CNC(=O)CCc1nnc(C(C)C)o1. The van der Waals surface area contributed by atoms with E-state index in [1.807, 2.05) is 27.7 Å². The summed E-state index contributed by atoms with van der Waals surface area (Å²) in [5.41, 5.74) is -0.889. The number of carbonyl (C=O) groups is 1. The highest BCUT2D eigenvalue weighted by molar-refractivity contribution is 5.76. The van der Waals surface area contributed by atoms with Gasteiger partial charge in [-0.25, -0.2) is 0 Å². The number of amides is 1. The predicted molar refractivity (Wildman–Crippen MR) is 79.8 cm³/mol. The fraction of sp³-hybridized carbons (Fsp3) is 0.800. The van der Waals surface area contributed by atoms with E-state index in [0.717, 1.165) is 6.42 Å². The molecule has 0 saturated heterocycles. The quantitative estimate of drug-likeness (QED) is 0.766. The number of nitrogens with one attached hydrogen (secondary N) is 1. The van der Waals surface area contributed by atoms with Gasteiger partial charge in [0.05, 0.1) is 5.60 Å². The van der Waals surface area contributed by atoms with Crippen molar-refractivity contribution in [3.05, 3.63) is 11.8 Å². The van der Waals surface area contributed by atoms with Crippen molar-refractivity contribution in [2.75, 3.05) is 6.54 Å². The molecule has 0 aromatic carbocycles. The summed E-state index contributed by atoms with van der Waals surface area (Å²) in [6, 6.07) is 0. The molecular weight excluding hydrogens is 270 g/mol. The van der Waals surface area contributed by atoms with Gasteiger partial charge in [0.1, 0.15) is 0 Å². The summed E-state index contributed by atoms with van der Waals surface area (Å²) < 4.78 is 5.44. The van der Waals surface area contributed by atoms with Crippen LogP contribution in [0.2, 0.25) is 0 Å². The molecule has 1 aromatic heterocycles. The molecule has 6 nitrogen and oxygen atoms in total. The molecule has 1 amide bonds. The van der Waals surface area contributed by atoms with Crippen LogP contribution < -0.4 is 5.32 Å². The zero-order chi connectivity index (χ0) is 16.0. The van der Waals surface area contributed by atoms with Gasteiger partial charge >= 0.3 is 0 Å². The van der Waals surface area contributed by atoms with Gasteiger partial charge in [-0.05, 0) is 12.8 Å². The number of rotatable bonds is 8. The van der Waals surface area contributed by atoms with Gasteiger partial charge in [0, 0.05) is 25.3 Å². The summed E-state index contributed by atoms with van der Waals surface area (Å²) in [5, 5.41) is 20.8. The summed E-state index contributed by atoms with van der Waals surface area (Å²) in [4.78, 5) is 11.8. The monoisotopic (exact) mass is 297 g/mol. The Labute approximate surface area is 126 Å². The molecule has 120 valence electrons. The average molecular weight is 297 g/mol. The second kappa shape index (κ2) is 7.54. The molecule has 0 radical (unpaired) electrons. The number of aromatic nitrogens is 2. The molecule has 0 bridgehead atoms. The Morgan fingerprint density at radius 3 is 2.57 bits per heavy atom. The third-order valence-electron chi connectivity index (χ3n) is 3.86. The van der Waals surface area contributed by atoms with Gasteiger partial charge < -0.3 is 14.8 Å². The summed E-state index contributed by atoms with van der Waals surface area (Å²) >= 11 is 0. The van der Waals surface area contributed by atoms with Gasteiger partial charge in [0.25, 0.3) is 0 Å². The number of aryl methyl sites for hydroxylation is 1. The van der Waals surface area contributed by atoms with Crippen molar-refractivity contribution in [2.24, 2.45) is 5.92 Å². The molecule has 0 aliphatic carbocycles. The summed E-state index contributed by atoms with van der Waals surface area (Å²) in [6.45, 7) is 9.93. The first-order chi connectivity index (χ1) is 9.76. The Hall–Kier alpha value is -1.43. The van der Waals surface area contributed by atoms with Crippen LogP contribution >= 0.6 is 0 Å². The predicted octanol–water partition coefficient (Wildman–Crippen LogP) is 2.04. The van der Waals surface area contributed by atoms with Crippen molar-refractivity contribution in [1.29, 1.82) is 0 Å². The van der Waals surface area contributed by atoms with Crippen LogP contribution in [0.15, 0.2) is 4.42 Å². The molecule has 0 aliphatic heterocycles. The maximum atomic E-state index is 11.8. The highest BCUT2D eigenvalue weighted by Gasteiger charge is 2.27. The molecule has 1 rings (SSSR count). The van der Waals surface area contributed by atoms with Crippen LogP contribution in [0.1, 0.15) is 65.2 Å². The lowest BCUT2D eigenvalue weighted by Gasteiger charge is -2.29. The molecular formula is C15H27N3O3. The standard InChI is InChI=1S/C15H27N3O3/c1-6-11(4)15(5,20)9-16-12(19)7-8-13-17-18-14(21-13)10(2)3/h10-11,20H,6-9H2,1-5H3,(H,16,19). The number of aliphatic hydroxyl groups is 1. The molecule has 2 unspecified atom stereocenters. The maximum Gasteiger partial charge on any atom is 0.220 e. The minimum absolute atomic E-state index is 0.122. The lowest BCUT2D eigenvalue weighted by atomic mass is 9.88. The van der Waals surface area contributed by atoms with Crippen molar-refractivity contribution >= 4 is 5.91 Å². The Kier molecular flexibility index (Phi) is 6.33. The molecule has 0 fully saturated rings. The van der Waals surface area contributed by atoms with Crippen molar-refractivity contribution in [3.63, 3.8) is 0 Å². The van der Waals surface area contributed by atoms with Crippen molar-refractivity contribution in [1.82, 2.24) is 15.5 Å². The van der Waals surface area contributed by atoms with Crippen LogP contribution in [0.3, 0.4) is 0 Å². The Bertz CT molecular complexity index is 455. The normalized spacial score (nSPS) is 15.8. The zero-order valence-electron chi connectivity index (χ0n) is 13.6. The molecule has 0 spiro atoms. The first-order valence-corrected chi connectivity index (χ1v) is 7.57. The number of hydrogen-bond acceptors (Lipinski definition) is 5. The first-order valence-electron chi connectivity index (χ1n) is 7.57. The van der Waals surface area contributed by atoms with E-state index in [9.17, 15) is 9.90 Å². The van der Waals surface area contributed by atoms with E-state index in [1.54, 1.807) is 6.92 Å². The van der Waals surface area contributed by atoms with E-state index in [2.05, 4.69) is 15.5 Å². The van der Waals surface area contributed by atoms with Crippen LogP contribution in [0, 0.1) is 5.92 Å². The van der Waals surface area contributed by atoms with Crippen LogP contribution in [0.5, 0.6) is 0 Å². The van der Waals surface area contributed by atoms with Gasteiger partial charge in [0.15, 0.2) is 0 Å². The van der Waals surface area contributed by atoms with E-state index >= 15 is 0 Å². The minimum atomic E-state index is -0.889. The number of hydrogen-bond donors (Lipinski definition) is 2. The van der Waals surface area contributed by atoms with Crippen LogP contribution in [-0.4, -0.2) is 33.4 Å². The molecule has 0 aliphatic rings. The highest BCUT2D eigenvalue weighted by Crippen LogP contribution is 2.19. The largest absolute Gasteiger partial charge is 0.425 e. The minimum Gasteiger partial charge on any atom is -0.425 e. The van der Waals surface area contributed by atoms with Gasteiger partial charge in [-0.15, -0.1) is 10.2 Å². The molecule has 1 heterocycles. The van der Waals surface area contributed by atoms with Gasteiger partial charge in [-0.1, -0.05) is 34.1 Å². The second-order valence-electron chi connectivity index (χ2n) is 6.13. The molecule has 2 atom stereocenters. The zero-order valence-corrected chi connectivity index (χ0v) is 13.6. The van der Waals surface area contributed by atoms with Crippen molar-refractivity contribution in [3.8, 4) is 0 Å². The van der Waals surface area contributed by atoms with Crippen molar-refractivity contribution in [2.45, 2.75) is 65.4 Å². The summed E-state index contributed by atoms with van der Waals surface area (Å²) in [6.07, 6.45) is 1.55. The Morgan fingerprint density at radius 1 is 1.38 bits per heavy atom. The fourth-order valence-corrected chi connectivity index (χ4v) is 1.80. The molecule has 2 N–H and O–H groups in total. The van der Waals surface area contributed by atoms with Crippen LogP contribution in [0.4, 0.5) is 0 Å². The Morgan fingerprint density at radius 2 is 2.05 bits per heavy atom. The fourth-order valence-electron chi connectivity index (χ4n) is 1.80. The Balaban J connectivity index is 2.37. The van der Waals surface area contributed by atoms with E-state index in [4.69, 9.17) is 4.42 Å². The van der Waals surface area contributed by atoms with E-state index < -0.39 is 5.60 Å². The van der Waals surface area contributed by atoms with Gasteiger partial charge in [-0.2, -0.15) is 0 Å². The van der Waals surface area contributed by atoms with Gasteiger partial charge in [0.2, 0.25) is 17.7 Å². The topological polar surface area (TPSA) is 88.2 Å². The molecule has 6 heteroatoms. The smallest absolute Gasteiger partial charge is 0.220 e.